The molecule has 1 aliphatic rings. The second kappa shape index (κ2) is 6.93. The first kappa shape index (κ1) is 17.2. The van der Waals surface area contributed by atoms with Crippen LogP contribution in [0.25, 0.3) is 0 Å². The molecule has 0 radical (unpaired) electrons. The first-order valence-electron chi connectivity index (χ1n) is 6.60. The Kier molecular flexibility index (Phi) is 5.41. The van der Waals surface area contributed by atoms with Crippen molar-refractivity contribution < 1.29 is 22.0 Å². The molecular formula is C13H16F2N2O3S2. The number of carbonyl (C=O) groups excluding carboxylic acids is 1. The van der Waals surface area contributed by atoms with Crippen molar-refractivity contribution >= 4 is 33.4 Å². The van der Waals surface area contributed by atoms with E-state index in [4.69, 9.17) is 0 Å². The Hall–Kier alpha value is -1.19. The van der Waals surface area contributed by atoms with E-state index in [0.717, 1.165) is 6.26 Å². The fourth-order valence-corrected chi connectivity index (χ4v) is 3.97. The number of nitrogens with one attached hydrogen (secondary N) is 1. The molecular weight excluding hydrogens is 334 g/mol. The molecule has 0 saturated carbocycles. The molecule has 1 N–H and O–H groups in total. The topological polar surface area (TPSA) is 66.5 Å². The maximum atomic E-state index is 12.2. The van der Waals surface area contributed by atoms with E-state index in [1.807, 2.05) is 0 Å². The average molecular weight is 350 g/mol. The summed E-state index contributed by atoms with van der Waals surface area (Å²) in [5.41, 5.74) is 0.448. The zero-order valence-electron chi connectivity index (χ0n) is 11.8. The molecule has 0 aromatic heterocycles. The van der Waals surface area contributed by atoms with Crippen molar-refractivity contribution in [3.8, 4) is 0 Å². The normalized spacial score (nSPS) is 19.5. The Labute approximate surface area is 132 Å². The molecule has 22 heavy (non-hydrogen) atoms. The van der Waals surface area contributed by atoms with Gasteiger partial charge in [0.1, 0.15) is 6.04 Å². The molecule has 1 saturated heterocycles. The van der Waals surface area contributed by atoms with E-state index < -0.39 is 27.7 Å². The average Bonchev–Trinajstić information content (AvgIpc) is 2.89. The third-order valence-corrected chi connectivity index (χ3v) is 5.29. The van der Waals surface area contributed by atoms with Crippen LogP contribution in [0.15, 0.2) is 29.2 Å². The summed E-state index contributed by atoms with van der Waals surface area (Å²) in [5, 5.41) is 2.62. The Morgan fingerprint density at radius 2 is 2.00 bits per heavy atom. The van der Waals surface area contributed by atoms with Gasteiger partial charge in [0.2, 0.25) is 15.9 Å². The standard InChI is InChI=1S/C13H16F2N2O3S2/c1-22(19,20)17-8-2-3-11(17)12(18)16-9-4-6-10(7-5-9)21-13(14)15/h4-7,11,13H,2-3,8H2,1H3,(H,16,18)/t11-/m1/s1. The van der Waals surface area contributed by atoms with Crippen molar-refractivity contribution in [1.82, 2.24) is 4.31 Å². The molecule has 0 bridgehead atoms. The number of amides is 1. The number of thioether (sulfide) groups is 1. The number of hydrogen-bond donors (Lipinski definition) is 1. The van der Waals surface area contributed by atoms with Crippen LogP contribution in [0, 0.1) is 0 Å². The predicted molar refractivity (Wildman–Crippen MR) is 81.5 cm³/mol. The molecule has 1 atom stereocenters. The van der Waals surface area contributed by atoms with Gasteiger partial charge in [-0.05, 0) is 37.1 Å². The van der Waals surface area contributed by atoms with Crippen LogP contribution >= 0.6 is 11.8 Å². The lowest BCUT2D eigenvalue weighted by atomic mass is 10.2. The quantitative estimate of drug-likeness (QED) is 0.828. The Morgan fingerprint density at radius 3 is 2.55 bits per heavy atom. The lowest BCUT2D eigenvalue weighted by Crippen LogP contribution is -2.42. The number of nitrogens with zero attached hydrogens (tertiary/aromatic N) is 1. The van der Waals surface area contributed by atoms with Gasteiger partial charge in [-0.1, -0.05) is 11.8 Å². The maximum Gasteiger partial charge on any atom is 0.288 e. The number of carbonyl (C=O) groups is 1. The Morgan fingerprint density at radius 1 is 1.36 bits per heavy atom. The molecule has 1 aliphatic heterocycles. The van der Waals surface area contributed by atoms with E-state index in [0.29, 0.717) is 41.7 Å². The van der Waals surface area contributed by atoms with Gasteiger partial charge in [-0.15, -0.1) is 0 Å². The largest absolute Gasteiger partial charge is 0.325 e. The predicted octanol–water partition coefficient (Wildman–Crippen LogP) is 2.36. The first-order valence-corrected chi connectivity index (χ1v) is 9.33. The third-order valence-electron chi connectivity index (χ3n) is 3.28. The van der Waals surface area contributed by atoms with E-state index in [1.165, 1.54) is 28.6 Å². The molecule has 1 fully saturated rings. The summed E-state index contributed by atoms with van der Waals surface area (Å²) in [6, 6.07) is 5.28. The molecule has 0 unspecified atom stereocenters. The lowest BCUT2D eigenvalue weighted by Gasteiger charge is -2.21. The third kappa shape index (κ3) is 4.40. The molecule has 5 nitrogen and oxygen atoms in total. The van der Waals surface area contributed by atoms with Gasteiger partial charge >= 0.3 is 0 Å². The summed E-state index contributed by atoms with van der Waals surface area (Å²) in [5.74, 6) is -2.90. The molecule has 122 valence electrons. The van der Waals surface area contributed by atoms with Crippen LogP contribution in [0.4, 0.5) is 14.5 Å². The van der Waals surface area contributed by atoms with E-state index in [2.05, 4.69) is 5.32 Å². The first-order chi connectivity index (χ1) is 10.3. The van der Waals surface area contributed by atoms with Gasteiger partial charge in [0.25, 0.3) is 5.76 Å². The molecule has 1 aromatic carbocycles. The van der Waals surface area contributed by atoms with Crippen molar-refractivity contribution in [2.24, 2.45) is 0 Å². The van der Waals surface area contributed by atoms with Crippen molar-refractivity contribution in [2.75, 3.05) is 18.1 Å². The summed E-state index contributed by atoms with van der Waals surface area (Å²) in [7, 11) is -3.42. The zero-order chi connectivity index (χ0) is 16.3. The molecule has 0 spiro atoms. The highest BCUT2D eigenvalue weighted by Gasteiger charge is 2.36. The van der Waals surface area contributed by atoms with Gasteiger partial charge in [-0.2, -0.15) is 13.1 Å². The summed E-state index contributed by atoms with van der Waals surface area (Å²) in [6.45, 7) is 0.334. The highest BCUT2D eigenvalue weighted by atomic mass is 32.2. The monoisotopic (exact) mass is 350 g/mol. The molecule has 0 aliphatic carbocycles. The van der Waals surface area contributed by atoms with E-state index >= 15 is 0 Å². The van der Waals surface area contributed by atoms with E-state index in [9.17, 15) is 22.0 Å². The van der Waals surface area contributed by atoms with Gasteiger partial charge in [-0.3, -0.25) is 4.79 Å². The lowest BCUT2D eigenvalue weighted by molar-refractivity contribution is -0.119. The highest BCUT2D eigenvalue weighted by molar-refractivity contribution is 7.99. The molecule has 1 amide bonds. The smallest absolute Gasteiger partial charge is 0.288 e. The van der Waals surface area contributed by atoms with Crippen LogP contribution in [0.3, 0.4) is 0 Å². The van der Waals surface area contributed by atoms with E-state index in [-0.39, 0.29) is 0 Å². The van der Waals surface area contributed by atoms with Crippen molar-refractivity contribution in [2.45, 2.75) is 29.5 Å². The highest BCUT2D eigenvalue weighted by Crippen LogP contribution is 2.27. The van der Waals surface area contributed by atoms with Crippen LogP contribution in [-0.4, -0.2) is 43.2 Å². The summed E-state index contributed by atoms with van der Waals surface area (Å²) >= 11 is 0.422. The fraction of sp³-hybridized carbons (Fsp3) is 0.462. The number of sulfonamides is 1. The second-order valence-electron chi connectivity index (χ2n) is 4.92. The summed E-state index contributed by atoms with van der Waals surface area (Å²) < 4.78 is 48.9. The second-order valence-corrected chi connectivity index (χ2v) is 7.92. The summed E-state index contributed by atoms with van der Waals surface area (Å²) in [4.78, 5) is 12.6. The SMILES string of the molecule is CS(=O)(=O)N1CCC[C@@H]1C(=O)Nc1ccc(SC(F)F)cc1. The van der Waals surface area contributed by atoms with E-state index in [1.54, 1.807) is 0 Å². The molecule has 1 heterocycles. The number of anilines is 1. The van der Waals surface area contributed by atoms with Crippen molar-refractivity contribution in [3.63, 3.8) is 0 Å². The molecule has 1 aromatic rings. The minimum Gasteiger partial charge on any atom is -0.325 e. The Bertz CT molecular complexity index is 635. The fourth-order valence-electron chi connectivity index (χ4n) is 2.34. The Balaban J connectivity index is 2.02. The minimum atomic E-state index is -3.42. The van der Waals surface area contributed by atoms with Crippen LogP contribution in [-0.2, 0) is 14.8 Å². The number of benzene rings is 1. The molecule has 9 heteroatoms. The van der Waals surface area contributed by atoms with Crippen LogP contribution in [0.2, 0.25) is 0 Å². The van der Waals surface area contributed by atoms with Gasteiger partial charge in [0.05, 0.1) is 6.26 Å². The zero-order valence-corrected chi connectivity index (χ0v) is 13.5. The number of halogens is 2. The molecule has 2 rings (SSSR count). The van der Waals surface area contributed by atoms with Crippen LogP contribution < -0.4 is 5.32 Å². The number of hydrogen-bond acceptors (Lipinski definition) is 4. The van der Waals surface area contributed by atoms with Crippen LogP contribution in [0.1, 0.15) is 12.8 Å². The van der Waals surface area contributed by atoms with Gasteiger partial charge in [0.15, 0.2) is 0 Å². The van der Waals surface area contributed by atoms with Gasteiger partial charge in [-0.25, -0.2) is 8.42 Å². The van der Waals surface area contributed by atoms with Gasteiger partial charge < -0.3 is 5.32 Å². The maximum absolute atomic E-state index is 12.2. The number of alkyl halides is 2. The van der Waals surface area contributed by atoms with Gasteiger partial charge in [0, 0.05) is 17.1 Å². The van der Waals surface area contributed by atoms with Crippen molar-refractivity contribution in [1.29, 1.82) is 0 Å². The minimum absolute atomic E-state index is 0.334. The summed E-state index contributed by atoms with van der Waals surface area (Å²) in [6.07, 6.45) is 2.18. The van der Waals surface area contributed by atoms with Crippen LogP contribution in [0.5, 0.6) is 0 Å². The van der Waals surface area contributed by atoms with Crippen molar-refractivity contribution in [3.05, 3.63) is 24.3 Å². The number of rotatable bonds is 5.